The molecule has 0 unspecified atom stereocenters. The summed E-state index contributed by atoms with van der Waals surface area (Å²) in [6, 6.07) is 17.8. The molecule has 0 radical (unpaired) electrons. The van der Waals surface area contributed by atoms with Crippen LogP contribution in [0.25, 0.3) is 0 Å². The van der Waals surface area contributed by atoms with Crippen molar-refractivity contribution in [1.82, 2.24) is 0 Å². The van der Waals surface area contributed by atoms with Crippen molar-refractivity contribution in [3.05, 3.63) is 71.8 Å². The van der Waals surface area contributed by atoms with Crippen molar-refractivity contribution in [3.63, 3.8) is 0 Å². The third kappa shape index (κ3) is 4.28. The molecule has 0 aromatic heterocycles. The smallest absolute Gasteiger partial charge is 0.338 e. The highest BCUT2D eigenvalue weighted by Crippen LogP contribution is 2.26. The van der Waals surface area contributed by atoms with Crippen LogP contribution in [0.1, 0.15) is 22.8 Å². The molecule has 2 aromatic carbocycles. The zero-order valence-corrected chi connectivity index (χ0v) is 14.4. The highest BCUT2D eigenvalue weighted by Gasteiger charge is 2.46. The Hall–Kier alpha value is -2.25. The molecule has 26 heavy (non-hydrogen) atoms. The number of esters is 1. The van der Waals surface area contributed by atoms with Crippen molar-refractivity contribution in [2.75, 3.05) is 0 Å². The summed E-state index contributed by atoms with van der Waals surface area (Å²) in [7, 11) is 0. The largest absolute Gasteiger partial charge is 0.450 e. The molecule has 3 rings (SSSR count). The minimum Gasteiger partial charge on any atom is -0.450 e. The normalized spacial score (nSPS) is 28.5. The minimum absolute atomic E-state index is 0.210. The van der Waals surface area contributed by atoms with Crippen LogP contribution in [-0.4, -0.2) is 46.9 Å². The van der Waals surface area contributed by atoms with E-state index in [9.17, 15) is 15.0 Å². The minimum atomic E-state index is -1.39. The van der Waals surface area contributed by atoms with Crippen LogP contribution >= 0.6 is 0 Å². The maximum absolute atomic E-state index is 12.3. The molecule has 6 heteroatoms. The number of rotatable bonds is 5. The van der Waals surface area contributed by atoms with E-state index in [1.807, 2.05) is 30.3 Å². The van der Waals surface area contributed by atoms with Gasteiger partial charge in [-0.05, 0) is 24.6 Å². The van der Waals surface area contributed by atoms with Crippen molar-refractivity contribution >= 4 is 5.97 Å². The van der Waals surface area contributed by atoms with Crippen molar-refractivity contribution in [3.8, 4) is 0 Å². The zero-order chi connectivity index (χ0) is 18.5. The molecule has 1 aliphatic heterocycles. The number of benzene rings is 2. The van der Waals surface area contributed by atoms with Crippen molar-refractivity contribution in [1.29, 1.82) is 0 Å². The summed E-state index contributed by atoms with van der Waals surface area (Å²) in [5.41, 5.74) is 1.25. The first-order valence-electron chi connectivity index (χ1n) is 8.49. The van der Waals surface area contributed by atoms with E-state index in [1.165, 1.54) is 0 Å². The molecular formula is C20H22O6. The first-order chi connectivity index (χ1) is 12.6. The fraction of sp³-hybridized carbons (Fsp3) is 0.350. The lowest BCUT2D eigenvalue weighted by Gasteiger charge is -2.41. The van der Waals surface area contributed by atoms with E-state index in [1.54, 1.807) is 37.3 Å². The molecule has 138 valence electrons. The highest BCUT2D eigenvalue weighted by molar-refractivity contribution is 5.89. The van der Waals surface area contributed by atoms with E-state index in [-0.39, 0.29) is 6.61 Å². The Balaban J connectivity index is 1.74. The van der Waals surface area contributed by atoms with Crippen LogP contribution < -0.4 is 0 Å². The molecule has 0 amide bonds. The van der Waals surface area contributed by atoms with E-state index < -0.39 is 36.7 Å². The number of hydrogen-bond acceptors (Lipinski definition) is 6. The Morgan fingerprint density at radius 2 is 1.62 bits per heavy atom. The molecule has 1 aliphatic rings. The molecular weight excluding hydrogens is 336 g/mol. The van der Waals surface area contributed by atoms with Gasteiger partial charge in [-0.2, -0.15) is 0 Å². The summed E-state index contributed by atoms with van der Waals surface area (Å²) in [5.74, 6) is -0.617. The molecule has 1 heterocycles. The van der Waals surface area contributed by atoms with Gasteiger partial charge in [0.1, 0.15) is 12.2 Å². The van der Waals surface area contributed by atoms with Gasteiger partial charge in [0.05, 0.1) is 18.3 Å². The van der Waals surface area contributed by atoms with Crippen molar-refractivity contribution < 1.29 is 29.2 Å². The van der Waals surface area contributed by atoms with Crippen molar-refractivity contribution in [2.45, 2.75) is 44.2 Å². The Labute approximate surface area is 151 Å². The van der Waals surface area contributed by atoms with Crippen molar-refractivity contribution in [2.24, 2.45) is 0 Å². The van der Waals surface area contributed by atoms with E-state index in [0.717, 1.165) is 5.56 Å². The summed E-state index contributed by atoms with van der Waals surface area (Å²) in [5, 5.41) is 20.7. The Morgan fingerprint density at radius 3 is 2.27 bits per heavy atom. The van der Waals surface area contributed by atoms with Gasteiger partial charge in [0.2, 0.25) is 0 Å². The topological polar surface area (TPSA) is 85.2 Å². The summed E-state index contributed by atoms with van der Waals surface area (Å²) in [6.07, 6.45) is -5.14. The number of carbonyl (C=O) groups is 1. The van der Waals surface area contributed by atoms with Crippen LogP contribution in [-0.2, 0) is 20.8 Å². The predicted molar refractivity (Wildman–Crippen MR) is 93.2 cm³/mol. The zero-order valence-electron chi connectivity index (χ0n) is 14.4. The van der Waals surface area contributed by atoms with Crippen LogP contribution in [0.15, 0.2) is 60.7 Å². The number of aliphatic hydroxyl groups excluding tert-OH is 2. The fourth-order valence-electron chi connectivity index (χ4n) is 2.85. The number of hydrogen-bond donors (Lipinski definition) is 2. The predicted octanol–water partition coefficient (Wildman–Crippen LogP) is 1.90. The van der Waals surface area contributed by atoms with Crippen LogP contribution in [0.4, 0.5) is 0 Å². The molecule has 0 bridgehead atoms. The lowest BCUT2D eigenvalue weighted by atomic mass is 9.99. The maximum Gasteiger partial charge on any atom is 0.338 e. The molecule has 1 fully saturated rings. The lowest BCUT2D eigenvalue weighted by Crippen LogP contribution is -2.59. The van der Waals surface area contributed by atoms with Gasteiger partial charge < -0.3 is 24.4 Å². The number of ether oxygens (including phenoxy) is 3. The fourth-order valence-corrected chi connectivity index (χ4v) is 2.85. The molecule has 0 aliphatic carbocycles. The second kappa shape index (κ2) is 8.42. The quantitative estimate of drug-likeness (QED) is 0.794. The molecule has 2 aromatic rings. The van der Waals surface area contributed by atoms with Crippen LogP contribution in [0.2, 0.25) is 0 Å². The monoisotopic (exact) mass is 358 g/mol. The van der Waals surface area contributed by atoms with Gasteiger partial charge in [0.25, 0.3) is 0 Å². The highest BCUT2D eigenvalue weighted by atomic mass is 16.7. The SMILES string of the molecule is C[C@@H]1O[C@@H](O)[C@H](OC(=O)c2ccccc2)[C@H](OCc2ccccc2)[C@H]1O. The third-order valence-corrected chi connectivity index (χ3v) is 4.31. The van der Waals surface area contributed by atoms with Gasteiger partial charge in [0.15, 0.2) is 12.4 Å². The second-order valence-electron chi connectivity index (χ2n) is 6.22. The second-order valence-corrected chi connectivity index (χ2v) is 6.22. The van der Waals surface area contributed by atoms with E-state index in [0.29, 0.717) is 5.56 Å². The summed E-state index contributed by atoms with van der Waals surface area (Å²) < 4.78 is 16.5. The van der Waals surface area contributed by atoms with Crippen LogP contribution in [0.5, 0.6) is 0 Å². The van der Waals surface area contributed by atoms with E-state index in [4.69, 9.17) is 14.2 Å². The molecule has 2 N–H and O–H groups in total. The molecule has 5 atom stereocenters. The molecule has 1 saturated heterocycles. The molecule has 0 spiro atoms. The summed E-state index contributed by atoms with van der Waals surface area (Å²) >= 11 is 0. The molecule has 0 saturated carbocycles. The Bertz CT molecular complexity index is 705. The van der Waals surface area contributed by atoms with Gasteiger partial charge in [-0.1, -0.05) is 48.5 Å². The Kier molecular flexibility index (Phi) is 6.00. The summed E-state index contributed by atoms with van der Waals surface area (Å²) in [6.45, 7) is 1.84. The Morgan fingerprint density at radius 1 is 1.00 bits per heavy atom. The van der Waals surface area contributed by atoms with Gasteiger partial charge in [0, 0.05) is 0 Å². The first kappa shape index (κ1) is 18.5. The van der Waals surface area contributed by atoms with Gasteiger partial charge >= 0.3 is 5.97 Å². The molecule has 6 nitrogen and oxygen atoms in total. The van der Waals surface area contributed by atoms with E-state index in [2.05, 4.69) is 0 Å². The van der Waals surface area contributed by atoms with Gasteiger partial charge in [-0.15, -0.1) is 0 Å². The van der Waals surface area contributed by atoms with Crippen LogP contribution in [0.3, 0.4) is 0 Å². The standard InChI is InChI=1S/C20H22O6/c1-13-16(21)17(24-12-14-8-4-2-5-9-14)18(20(23)25-13)26-19(22)15-10-6-3-7-11-15/h2-11,13,16-18,20-21,23H,12H2,1H3/t13-,16-,17+,18+,20+/m0/s1. The lowest BCUT2D eigenvalue weighted by molar-refractivity contribution is -0.286. The van der Waals surface area contributed by atoms with E-state index >= 15 is 0 Å². The van der Waals surface area contributed by atoms with Crippen LogP contribution in [0, 0.1) is 0 Å². The third-order valence-electron chi connectivity index (χ3n) is 4.31. The number of carbonyl (C=O) groups excluding carboxylic acids is 1. The summed E-state index contributed by atoms with van der Waals surface area (Å²) in [4.78, 5) is 12.3. The number of aliphatic hydroxyl groups is 2. The van der Waals surface area contributed by atoms with Gasteiger partial charge in [-0.3, -0.25) is 0 Å². The van der Waals surface area contributed by atoms with Gasteiger partial charge in [-0.25, -0.2) is 4.79 Å². The average molecular weight is 358 g/mol. The first-order valence-corrected chi connectivity index (χ1v) is 8.49. The maximum atomic E-state index is 12.3. The average Bonchev–Trinajstić information content (AvgIpc) is 2.67.